The maximum atomic E-state index is 13.0. The number of phenols is 1. The molecule has 0 unspecified atom stereocenters. The molecule has 5 heteroatoms. The summed E-state index contributed by atoms with van der Waals surface area (Å²) in [6.45, 7) is 8.15. The molecule has 1 aromatic carbocycles. The fourth-order valence-corrected chi connectivity index (χ4v) is 4.03. The van der Waals surface area contributed by atoms with Crippen LogP contribution in [0.15, 0.2) is 55.8 Å². The maximum Gasteiger partial charge on any atom is 0.293 e. The molecule has 1 aliphatic heterocycles. The Balaban J connectivity index is 1.52. The summed E-state index contributed by atoms with van der Waals surface area (Å²) in [4.78, 5) is 13.0. The van der Waals surface area contributed by atoms with Crippen molar-refractivity contribution in [3.05, 3.63) is 69.3 Å². The second-order valence-corrected chi connectivity index (χ2v) is 8.31. The second-order valence-electron chi connectivity index (χ2n) is 8.31. The summed E-state index contributed by atoms with van der Waals surface area (Å²) in [5.74, 6) is 1.20. The first-order valence-electron chi connectivity index (χ1n) is 9.95. The van der Waals surface area contributed by atoms with Gasteiger partial charge >= 0.3 is 0 Å². The molecule has 152 valence electrons. The quantitative estimate of drug-likeness (QED) is 0.568. The number of aromatic hydroxyl groups is 1. The van der Waals surface area contributed by atoms with Crippen molar-refractivity contribution in [2.24, 2.45) is 0 Å². The van der Waals surface area contributed by atoms with Crippen LogP contribution in [0.5, 0.6) is 11.7 Å². The van der Waals surface area contributed by atoms with Crippen molar-refractivity contribution in [3.63, 3.8) is 0 Å². The largest absolute Gasteiger partial charge is 0.508 e. The van der Waals surface area contributed by atoms with E-state index in [4.69, 9.17) is 13.6 Å². The van der Waals surface area contributed by atoms with Crippen LogP contribution in [0.2, 0.25) is 0 Å². The standard InChI is InChI=1S/C24H26O5/c1-14(10-18-11-15(2)13-27-18)6-5-9-24(4)16(3)21-22(26)19-8-7-17(25)12-20(19)28-23(21)29-24/h6-8,11-13,16,25H,5,9-10H2,1-4H3/t16-,24-/m0/s1. The molecule has 3 heterocycles. The molecule has 1 N–H and O–H groups in total. The van der Waals surface area contributed by atoms with Gasteiger partial charge in [-0.1, -0.05) is 18.6 Å². The highest BCUT2D eigenvalue weighted by molar-refractivity contribution is 5.79. The van der Waals surface area contributed by atoms with Crippen LogP contribution in [0.1, 0.15) is 56.4 Å². The Morgan fingerprint density at radius 1 is 1.31 bits per heavy atom. The van der Waals surface area contributed by atoms with Gasteiger partial charge in [0.15, 0.2) is 5.43 Å². The van der Waals surface area contributed by atoms with Gasteiger partial charge in [0.2, 0.25) is 0 Å². The van der Waals surface area contributed by atoms with Gasteiger partial charge in [-0.25, -0.2) is 0 Å². The summed E-state index contributed by atoms with van der Waals surface area (Å²) in [7, 11) is 0. The minimum absolute atomic E-state index is 0.0572. The summed E-state index contributed by atoms with van der Waals surface area (Å²) in [6, 6.07) is 6.60. The number of allylic oxidation sites excluding steroid dienone is 2. The van der Waals surface area contributed by atoms with Gasteiger partial charge < -0.3 is 18.7 Å². The van der Waals surface area contributed by atoms with E-state index in [-0.39, 0.29) is 23.0 Å². The van der Waals surface area contributed by atoms with Crippen LogP contribution in [-0.2, 0) is 6.42 Å². The minimum atomic E-state index is -0.525. The molecule has 3 aromatic rings. The van der Waals surface area contributed by atoms with E-state index in [9.17, 15) is 9.90 Å². The van der Waals surface area contributed by atoms with Gasteiger partial charge in [-0.3, -0.25) is 4.79 Å². The predicted octanol–water partition coefficient (Wildman–Crippen LogP) is 5.62. The van der Waals surface area contributed by atoms with Crippen molar-refractivity contribution >= 4 is 11.0 Å². The van der Waals surface area contributed by atoms with Crippen molar-refractivity contribution in [1.82, 2.24) is 0 Å². The summed E-state index contributed by atoms with van der Waals surface area (Å²) in [5, 5.41) is 10.1. The van der Waals surface area contributed by atoms with Gasteiger partial charge in [0, 0.05) is 18.4 Å². The molecule has 0 fully saturated rings. The van der Waals surface area contributed by atoms with E-state index < -0.39 is 5.60 Å². The third-order valence-corrected chi connectivity index (χ3v) is 5.92. The molecule has 4 rings (SSSR count). The van der Waals surface area contributed by atoms with Crippen molar-refractivity contribution in [2.45, 2.75) is 58.5 Å². The Labute approximate surface area is 169 Å². The van der Waals surface area contributed by atoms with Crippen LogP contribution in [0.3, 0.4) is 0 Å². The molecule has 0 saturated heterocycles. The number of aryl methyl sites for hydroxylation is 1. The average molecular weight is 394 g/mol. The summed E-state index contributed by atoms with van der Waals surface area (Å²) in [6.07, 6.45) is 6.34. The van der Waals surface area contributed by atoms with E-state index in [1.165, 1.54) is 17.7 Å². The topological polar surface area (TPSA) is 72.8 Å². The lowest BCUT2D eigenvalue weighted by Crippen LogP contribution is -2.33. The van der Waals surface area contributed by atoms with Gasteiger partial charge in [-0.2, -0.15) is 0 Å². The molecule has 0 saturated carbocycles. The first-order chi connectivity index (χ1) is 13.8. The molecule has 0 radical (unpaired) electrons. The molecule has 0 aliphatic carbocycles. The lowest BCUT2D eigenvalue weighted by molar-refractivity contribution is 0.0638. The van der Waals surface area contributed by atoms with Gasteiger partial charge in [0.1, 0.15) is 22.7 Å². The molecule has 1 aliphatic rings. The predicted molar refractivity (Wildman–Crippen MR) is 112 cm³/mol. The fourth-order valence-electron chi connectivity index (χ4n) is 4.03. The molecule has 29 heavy (non-hydrogen) atoms. The van der Waals surface area contributed by atoms with Crippen LogP contribution in [-0.4, -0.2) is 10.7 Å². The molecule has 0 bridgehead atoms. The first-order valence-corrected chi connectivity index (χ1v) is 9.95. The monoisotopic (exact) mass is 394 g/mol. The summed E-state index contributed by atoms with van der Waals surface area (Å²) in [5.41, 5.74) is 2.68. The number of hydrogen-bond donors (Lipinski definition) is 1. The van der Waals surface area contributed by atoms with E-state index in [0.29, 0.717) is 16.5 Å². The van der Waals surface area contributed by atoms with Gasteiger partial charge in [0.25, 0.3) is 5.95 Å². The Kier molecular flexibility index (Phi) is 4.77. The second kappa shape index (κ2) is 7.14. The number of fused-ring (bicyclic) bond motifs is 2. The van der Waals surface area contributed by atoms with Crippen molar-refractivity contribution in [1.29, 1.82) is 0 Å². The van der Waals surface area contributed by atoms with Crippen molar-refractivity contribution in [3.8, 4) is 11.7 Å². The third kappa shape index (κ3) is 3.57. The highest BCUT2D eigenvalue weighted by atomic mass is 16.6. The van der Waals surface area contributed by atoms with Crippen LogP contribution < -0.4 is 10.2 Å². The zero-order valence-electron chi connectivity index (χ0n) is 17.2. The number of rotatable bonds is 5. The molecular weight excluding hydrogens is 368 g/mol. The van der Waals surface area contributed by atoms with Crippen LogP contribution >= 0.6 is 0 Å². The molecular formula is C24H26O5. The van der Waals surface area contributed by atoms with E-state index in [1.807, 2.05) is 20.8 Å². The third-order valence-electron chi connectivity index (χ3n) is 5.92. The highest BCUT2D eigenvalue weighted by Crippen LogP contribution is 2.46. The Bertz CT molecular complexity index is 1150. The van der Waals surface area contributed by atoms with Crippen molar-refractivity contribution in [2.75, 3.05) is 0 Å². The Morgan fingerprint density at radius 2 is 2.10 bits per heavy atom. The van der Waals surface area contributed by atoms with Gasteiger partial charge in [-0.15, -0.1) is 0 Å². The number of benzene rings is 1. The van der Waals surface area contributed by atoms with E-state index in [1.54, 1.807) is 12.3 Å². The molecule has 5 nitrogen and oxygen atoms in total. The first kappa shape index (κ1) is 19.4. The molecule has 0 amide bonds. The summed E-state index contributed by atoms with van der Waals surface area (Å²) >= 11 is 0. The van der Waals surface area contributed by atoms with Gasteiger partial charge in [0.05, 0.1) is 17.2 Å². The van der Waals surface area contributed by atoms with Crippen LogP contribution in [0.4, 0.5) is 0 Å². The Hall–Kier alpha value is -2.95. The number of phenolic OH excluding ortho intramolecular Hbond substituents is 1. The maximum absolute atomic E-state index is 13.0. The highest BCUT2D eigenvalue weighted by Gasteiger charge is 2.45. The number of ether oxygens (including phenoxy) is 1. The lowest BCUT2D eigenvalue weighted by Gasteiger charge is -2.27. The van der Waals surface area contributed by atoms with E-state index in [0.717, 1.165) is 30.6 Å². The molecule has 2 atom stereocenters. The smallest absolute Gasteiger partial charge is 0.293 e. The fraction of sp³-hybridized carbons (Fsp3) is 0.375. The van der Waals surface area contributed by atoms with Crippen molar-refractivity contribution < 1.29 is 18.7 Å². The van der Waals surface area contributed by atoms with Crippen LogP contribution in [0.25, 0.3) is 11.0 Å². The van der Waals surface area contributed by atoms with E-state index in [2.05, 4.69) is 19.1 Å². The SMILES string of the molecule is CC(=CCC[C@]1(C)Oc2oc3cc(O)ccc3c(=O)c2[C@@H]1C)Cc1cc(C)co1. The Morgan fingerprint density at radius 3 is 2.83 bits per heavy atom. The zero-order valence-corrected chi connectivity index (χ0v) is 17.2. The number of furan rings is 1. The zero-order chi connectivity index (χ0) is 20.8. The lowest BCUT2D eigenvalue weighted by atomic mass is 9.83. The molecule has 0 spiro atoms. The van der Waals surface area contributed by atoms with Crippen LogP contribution in [0, 0.1) is 6.92 Å². The minimum Gasteiger partial charge on any atom is -0.508 e. The van der Waals surface area contributed by atoms with Gasteiger partial charge in [-0.05, 0) is 57.4 Å². The number of hydrogen-bond acceptors (Lipinski definition) is 5. The average Bonchev–Trinajstić information content (AvgIpc) is 3.16. The molecule has 2 aromatic heterocycles. The normalized spacial score (nSPS) is 21.4. The summed E-state index contributed by atoms with van der Waals surface area (Å²) < 4.78 is 17.5. The van der Waals surface area contributed by atoms with E-state index >= 15 is 0 Å².